The maximum atomic E-state index is 4.45. The largest absolute Gasteiger partial charge is 0.365 e. The van der Waals surface area contributed by atoms with Crippen LogP contribution in [0.1, 0.15) is 5.56 Å². The third kappa shape index (κ3) is 2.35. The maximum Gasteiger partial charge on any atom is 0.141 e. The van der Waals surface area contributed by atoms with Gasteiger partial charge in [0.2, 0.25) is 0 Å². The number of hydrogen-bond acceptors (Lipinski definition) is 4. The predicted octanol–water partition coefficient (Wildman–Crippen LogP) is 4.30. The fourth-order valence-corrected chi connectivity index (χ4v) is 3.44. The van der Waals surface area contributed by atoms with Gasteiger partial charge in [-0.3, -0.25) is 0 Å². The van der Waals surface area contributed by atoms with Gasteiger partial charge in [0, 0.05) is 29.8 Å². The molecule has 1 aromatic carbocycles. The summed E-state index contributed by atoms with van der Waals surface area (Å²) < 4.78 is 1.32. The smallest absolute Gasteiger partial charge is 0.141 e. The highest BCUT2D eigenvalue weighted by Gasteiger charge is 2.08. The van der Waals surface area contributed by atoms with E-state index < -0.39 is 0 Å². The zero-order valence-electron chi connectivity index (χ0n) is 11.8. The molecule has 3 aromatic heterocycles. The molecular formula is C17H14N4S. The highest BCUT2D eigenvalue weighted by atomic mass is 32.1. The summed E-state index contributed by atoms with van der Waals surface area (Å²) in [6, 6.07) is 12.5. The molecule has 2 N–H and O–H groups in total. The first-order chi connectivity index (χ1) is 10.9. The Morgan fingerprint density at radius 1 is 1.05 bits per heavy atom. The lowest BCUT2D eigenvalue weighted by atomic mass is 10.1. The fourth-order valence-electron chi connectivity index (χ4n) is 2.52. The third-order valence-electron chi connectivity index (χ3n) is 3.57. The number of nitrogens with zero attached hydrogens (tertiary/aromatic N) is 2. The minimum Gasteiger partial charge on any atom is -0.365 e. The van der Waals surface area contributed by atoms with Gasteiger partial charge < -0.3 is 10.3 Å². The Bertz CT molecular complexity index is 896. The van der Waals surface area contributed by atoms with Crippen LogP contribution in [0, 0.1) is 0 Å². The summed E-state index contributed by atoms with van der Waals surface area (Å²) in [4.78, 5) is 11.9. The summed E-state index contributed by atoms with van der Waals surface area (Å²) in [7, 11) is 0. The fraction of sp³-hybridized carbons (Fsp3) is 0.0588. The Morgan fingerprint density at radius 3 is 2.95 bits per heavy atom. The van der Waals surface area contributed by atoms with Crippen molar-refractivity contribution in [2.75, 3.05) is 5.32 Å². The van der Waals surface area contributed by atoms with E-state index in [1.165, 1.54) is 15.6 Å². The normalized spacial score (nSPS) is 10.9. The second-order valence-corrected chi connectivity index (χ2v) is 5.86. The Morgan fingerprint density at radius 2 is 2.05 bits per heavy atom. The van der Waals surface area contributed by atoms with Crippen LogP contribution >= 0.6 is 11.3 Å². The lowest BCUT2D eigenvalue weighted by Gasteiger charge is -2.10. The average molecular weight is 306 g/mol. The van der Waals surface area contributed by atoms with E-state index in [1.54, 1.807) is 23.7 Å². The van der Waals surface area contributed by atoms with Gasteiger partial charge in [-0.05, 0) is 34.5 Å². The summed E-state index contributed by atoms with van der Waals surface area (Å²) in [5.74, 6) is 1.66. The topological polar surface area (TPSA) is 53.6 Å². The first kappa shape index (κ1) is 13.0. The van der Waals surface area contributed by atoms with E-state index in [4.69, 9.17) is 0 Å². The molecule has 5 heteroatoms. The van der Waals surface area contributed by atoms with Gasteiger partial charge in [0.05, 0.1) is 5.56 Å². The van der Waals surface area contributed by atoms with Crippen molar-refractivity contribution < 1.29 is 0 Å². The zero-order valence-corrected chi connectivity index (χ0v) is 12.6. The molecule has 0 radical (unpaired) electrons. The monoisotopic (exact) mass is 306 g/mol. The number of nitrogens with one attached hydrogen (secondary N) is 2. The summed E-state index contributed by atoms with van der Waals surface area (Å²) in [5, 5.41) is 6.85. The second kappa shape index (κ2) is 5.61. The van der Waals surface area contributed by atoms with Crippen LogP contribution in [0.3, 0.4) is 0 Å². The number of imidazole rings is 1. The van der Waals surface area contributed by atoms with Crippen LogP contribution in [-0.4, -0.2) is 15.0 Å². The van der Waals surface area contributed by atoms with Crippen LogP contribution in [0.15, 0.2) is 60.4 Å². The van der Waals surface area contributed by atoms with Crippen molar-refractivity contribution >= 4 is 27.2 Å². The molecule has 0 fully saturated rings. The first-order valence-electron chi connectivity index (χ1n) is 7.05. The molecular weight excluding hydrogens is 292 g/mol. The van der Waals surface area contributed by atoms with Crippen molar-refractivity contribution in [3.05, 3.63) is 65.9 Å². The number of rotatable bonds is 4. The third-order valence-corrected chi connectivity index (χ3v) is 4.57. The molecule has 0 amide bonds. The Labute approximate surface area is 131 Å². The number of pyridine rings is 1. The van der Waals surface area contributed by atoms with Gasteiger partial charge in [0.25, 0.3) is 0 Å². The van der Waals surface area contributed by atoms with Crippen molar-refractivity contribution in [1.29, 1.82) is 0 Å². The number of hydrogen-bond donors (Lipinski definition) is 2. The number of fused-ring (bicyclic) bond motifs is 1. The SMILES string of the molecule is c1cnc(NCc2cccc3ccsc23)c(-c2ncc[nH]2)c1. The first-order valence-corrected chi connectivity index (χ1v) is 7.93. The quantitative estimate of drug-likeness (QED) is 0.591. The molecule has 0 unspecified atom stereocenters. The highest BCUT2D eigenvalue weighted by molar-refractivity contribution is 7.17. The molecule has 4 nitrogen and oxygen atoms in total. The molecule has 0 atom stereocenters. The van der Waals surface area contributed by atoms with Gasteiger partial charge in [-0.25, -0.2) is 9.97 Å². The minimum absolute atomic E-state index is 0.739. The zero-order chi connectivity index (χ0) is 14.8. The Balaban J connectivity index is 1.64. The molecule has 4 rings (SSSR count). The van der Waals surface area contributed by atoms with Crippen LogP contribution in [0.2, 0.25) is 0 Å². The molecule has 0 bridgehead atoms. The molecule has 0 spiro atoms. The van der Waals surface area contributed by atoms with Crippen LogP contribution in [0.4, 0.5) is 5.82 Å². The van der Waals surface area contributed by atoms with E-state index in [1.807, 2.05) is 18.3 Å². The summed E-state index contributed by atoms with van der Waals surface area (Å²) in [6.07, 6.45) is 5.36. The van der Waals surface area contributed by atoms with E-state index in [-0.39, 0.29) is 0 Å². The standard InChI is InChI=1S/C17H14N4S/c1-3-12-6-10-22-15(12)13(4-1)11-21-17-14(5-2-7-18-17)16-19-8-9-20-16/h1-10H,11H2,(H,18,21)(H,19,20). The number of thiophene rings is 1. The molecule has 0 aliphatic heterocycles. The number of aromatic nitrogens is 3. The molecule has 0 saturated heterocycles. The highest BCUT2D eigenvalue weighted by Crippen LogP contribution is 2.27. The molecule has 4 aromatic rings. The molecule has 108 valence electrons. The van der Waals surface area contributed by atoms with Gasteiger partial charge in [0.15, 0.2) is 0 Å². The van der Waals surface area contributed by atoms with Crippen molar-refractivity contribution in [3.8, 4) is 11.4 Å². The van der Waals surface area contributed by atoms with E-state index in [9.17, 15) is 0 Å². The van der Waals surface area contributed by atoms with Crippen molar-refractivity contribution in [2.24, 2.45) is 0 Å². The molecule has 3 heterocycles. The van der Waals surface area contributed by atoms with Crippen molar-refractivity contribution in [3.63, 3.8) is 0 Å². The molecule has 0 aliphatic rings. The van der Waals surface area contributed by atoms with Crippen LogP contribution in [-0.2, 0) is 6.54 Å². The average Bonchev–Trinajstić information content (AvgIpc) is 3.24. The number of benzene rings is 1. The van der Waals surface area contributed by atoms with Crippen LogP contribution in [0.5, 0.6) is 0 Å². The minimum atomic E-state index is 0.739. The van der Waals surface area contributed by atoms with Crippen LogP contribution < -0.4 is 5.32 Å². The summed E-state index contributed by atoms with van der Waals surface area (Å²) >= 11 is 1.77. The summed E-state index contributed by atoms with van der Waals surface area (Å²) in [5.41, 5.74) is 2.26. The van der Waals surface area contributed by atoms with Gasteiger partial charge in [0.1, 0.15) is 11.6 Å². The van der Waals surface area contributed by atoms with Crippen molar-refractivity contribution in [1.82, 2.24) is 15.0 Å². The molecule has 22 heavy (non-hydrogen) atoms. The Hall–Kier alpha value is -2.66. The van der Waals surface area contributed by atoms with Gasteiger partial charge in [-0.1, -0.05) is 18.2 Å². The van der Waals surface area contributed by atoms with E-state index in [2.05, 4.69) is 49.9 Å². The number of H-pyrrole nitrogens is 1. The second-order valence-electron chi connectivity index (χ2n) is 4.95. The van der Waals surface area contributed by atoms with Crippen LogP contribution in [0.25, 0.3) is 21.5 Å². The van der Waals surface area contributed by atoms with Gasteiger partial charge in [-0.15, -0.1) is 11.3 Å². The predicted molar refractivity (Wildman–Crippen MR) is 91.0 cm³/mol. The van der Waals surface area contributed by atoms with Gasteiger partial charge in [-0.2, -0.15) is 0 Å². The van der Waals surface area contributed by atoms with E-state index in [0.717, 1.165) is 23.8 Å². The molecule has 0 aliphatic carbocycles. The summed E-state index contributed by atoms with van der Waals surface area (Å²) in [6.45, 7) is 0.739. The van der Waals surface area contributed by atoms with Gasteiger partial charge >= 0.3 is 0 Å². The van der Waals surface area contributed by atoms with E-state index in [0.29, 0.717) is 0 Å². The molecule has 0 saturated carbocycles. The number of aromatic amines is 1. The Kier molecular flexibility index (Phi) is 3.33. The lowest BCUT2D eigenvalue weighted by Crippen LogP contribution is -2.03. The lowest BCUT2D eigenvalue weighted by molar-refractivity contribution is 1.12. The van der Waals surface area contributed by atoms with E-state index >= 15 is 0 Å². The maximum absolute atomic E-state index is 4.45. The number of anilines is 1. The van der Waals surface area contributed by atoms with Crippen molar-refractivity contribution in [2.45, 2.75) is 6.54 Å².